The lowest BCUT2D eigenvalue weighted by Crippen LogP contribution is -2.21. The molecule has 0 radical (unpaired) electrons. The molecule has 6 heteroatoms. The summed E-state index contributed by atoms with van der Waals surface area (Å²) in [6, 6.07) is 22.3. The average molecular weight is 469 g/mol. The lowest BCUT2D eigenvalue weighted by atomic mass is 9.83. The molecule has 1 heterocycles. The summed E-state index contributed by atoms with van der Waals surface area (Å²) in [4.78, 5) is 12.7. The van der Waals surface area contributed by atoms with Gasteiger partial charge in [0.2, 0.25) is 5.88 Å². The molecule has 1 aliphatic rings. The molecule has 3 aromatic rings. The standard InChI is InChI=1S/C29H28N2O4/c1-3-5-16-33-22-12-10-21(11-13-22)29(32)34-23-14-15-24-26(17-23)35-28(31)25(18-30)27(24)20-8-6-19(4-2)7-9-20/h6-15,17,27H,3-5,16,31H2,1-2H3. The number of nitrogens with zero attached hydrogens (tertiary/aromatic N) is 1. The highest BCUT2D eigenvalue weighted by Crippen LogP contribution is 2.43. The van der Waals surface area contributed by atoms with Crippen LogP contribution in [0.3, 0.4) is 0 Å². The second-order valence-electron chi connectivity index (χ2n) is 8.34. The van der Waals surface area contributed by atoms with Crippen molar-refractivity contribution in [2.75, 3.05) is 6.61 Å². The van der Waals surface area contributed by atoms with Crippen molar-refractivity contribution in [3.63, 3.8) is 0 Å². The van der Waals surface area contributed by atoms with Gasteiger partial charge in [-0.05, 0) is 54.3 Å². The molecule has 0 aromatic heterocycles. The van der Waals surface area contributed by atoms with E-state index in [0.717, 1.165) is 30.4 Å². The van der Waals surface area contributed by atoms with E-state index in [4.69, 9.17) is 19.9 Å². The van der Waals surface area contributed by atoms with Crippen LogP contribution in [0.5, 0.6) is 17.2 Å². The zero-order chi connectivity index (χ0) is 24.8. The first-order chi connectivity index (χ1) is 17.0. The number of ether oxygens (including phenoxy) is 3. The molecule has 1 aliphatic heterocycles. The van der Waals surface area contributed by atoms with Gasteiger partial charge in [0, 0.05) is 11.6 Å². The number of fused-ring (bicyclic) bond motifs is 1. The van der Waals surface area contributed by atoms with Gasteiger partial charge >= 0.3 is 5.97 Å². The van der Waals surface area contributed by atoms with Crippen LogP contribution in [0.1, 0.15) is 59.7 Å². The van der Waals surface area contributed by atoms with Gasteiger partial charge in [0.05, 0.1) is 18.1 Å². The number of aryl methyl sites for hydroxylation is 1. The van der Waals surface area contributed by atoms with E-state index < -0.39 is 5.97 Å². The molecule has 4 rings (SSSR count). The van der Waals surface area contributed by atoms with E-state index >= 15 is 0 Å². The maximum atomic E-state index is 12.7. The van der Waals surface area contributed by atoms with Crippen molar-refractivity contribution in [3.05, 3.63) is 100 Å². The third kappa shape index (κ3) is 5.30. The second kappa shape index (κ2) is 10.8. The molecule has 1 unspecified atom stereocenters. The summed E-state index contributed by atoms with van der Waals surface area (Å²) >= 11 is 0. The Morgan fingerprint density at radius 2 is 1.74 bits per heavy atom. The zero-order valence-electron chi connectivity index (χ0n) is 19.9. The minimum Gasteiger partial charge on any atom is -0.494 e. The molecule has 1 atom stereocenters. The van der Waals surface area contributed by atoms with Crippen LogP contribution in [0.25, 0.3) is 0 Å². The number of unbranched alkanes of at least 4 members (excludes halogenated alkanes) is 1. The molecular weight excluding hydrogens is 440 g/mol. The predicted molar refractivity (Wildman–Crippen MR) is 133 cm³/mol. The Balaban J connectivity index is 1.55. The van der Waals surface area contributed by atoms with Crippen LogP contribution < -0.4 is 19.9 Å². The van der Waals surface area contributed by atoms with E-state index in [0.29, 0.717) is 35.0 Å². The van der Waals surface area contributed by atoms with Crippen molar-refractivity contribution in [3.8, 4) is 23.3 Å². The molecule has 2 N–H and O–H groups in total. The fourth-order valence-electron chi connectivity index (χ4n) is 3.98. The number of rotatable bonds is 8. The smallest absolute Gasteiger partial charge is 0.343 e. The Morgan fingerprint density at radius 3 is 2.40 bits per heavy atom. The predicted octanol–water partition coefficient (Wildman–Crippen LogP) is 5.87. The van der Waals surface area contributed by atoms with Crippen molar-refractivity contribution in [1.29, 1.82) is 5.26 Å². The summed E-state index contributed by atoms with van der Waals surface area (Å²) in [7, 11) is 0. The molecule has 178 valence electrons. The Bertz CT molecular complexity index is 1270. The number of nitriles is 1. The van der Waals surface area contributed by atoms with Crippen LogP contribution in [0.15, 0.2) is 78.2 Å². The van der Waals surface area contributed by atoms with Crippen molar-refractivity contribution < 1.29 is 19.0 Å². The van der Waals surface area contributed by atoms with Gasteiger partial charge < -0.3 is 19.9 Å². The van der Waals surface area contributed by atoms with Gasteiger partial charge in [-0.1, -0.05) is 50.6 Å². The Kier molecular flexibility index (Phi) is 7.37. The number of hydrogen-bond donors (Lipinski definition) is 1. The number of benzene rings is 3. The molecule has 0 aliphatic carbocycles. The summed E-state index contributed by atoms with van der Waals surface area (Å²) in [6.07, 6.45) is 2.96. The molecule has 0 amide bonds. The van der Waals surface area contributed by atoms with Gasteiger partial charge in [-0.2, -0.15) is 5.26 Å². The van der Waals surface area contributed by atoms with Gasteiger partial charge in [0.1, 0.15) is 28.9 Å². The molecule has 6 nitrogen and oxygen atoms in total. The number of hydrogen-bond acceptors (Lipinski definition) is 6. The number of carbonyl (C=O) groups excluding carboxylic acids is 1. The summed E-state index contributed by atoms with van der Waals surface area (Å²) < 4.78 is 17.0. The lowest BCUT2D eigenvalue weighted by Gasteiger charge is -2.26. The van der Waals surface area contributed by atoms with Crippen LogP contribution in [0.4, 0.5) is 0 Å². The molecule has 0 bridgehead atoms. The average Bonchev–Trinajstić information content (AvgIpc) is 2.88. The highest BCUT2D eigenvalue weighted by molar-refractivity contribution is 5.91. The van der Waals surface area contributed by atoms with Gasteiger partial charge in [-0.3, -0.25) is 0 Å². The minimum absolute atomic E-state index is 0.0479. The first-order valence-electron chi connectivity index (χ1n) is 11.8. The lowest BCUT2D eigenvalue weighted by molar-refractivity contribution is 0.0734. The highest BCUT2D eigenvalue weighted by atomic mass is 16.5. The fourth-order valence-corrected chi connectivity index (χ4v) is 3.98. The maximum Gasteiger partial charge on any atom is 0.343 e. The van der Waals surface area contributed by atoms with E-state index in [-0.39, 0.29) is 11.8 Å². The largest absolute Gasteiger partial charge is 0.494 e. The summed E-state index contributed by atoms with van der Waals surface area (Å²) in [5, 5.41) is 9.75. The van der Waals surface area contributed by atoms with E-state index in [1.54, 1.807) is 36.4 Å². The fraction of sp³-hybridized carbons (Fsp3) is 0.241. The molecule has 3 aromatic carbocycles. The van der Waals surface area contributed by atoms with Gasteiger partial charge in [-0.15, -0.1) is 0 Å². The monoisotopic (exact) mass is 468 g/mol. The van der Waals surface area contributed by atoms with Gasteiger partial charge in [-0.25, -0.2) is 4.79 Å². The topological polar surface area (TPSA) is 94.6 Å². The SMILES string of the molecule is CCCCOc1ccc(C(=O)Oc2ccc3c(c2)OC(N)=C(C#N)C3c2ccc(CC)cc2)cc1. The van der Waals surface area contributed by atoms with Crippen molar-refractivity contribution in [2.45, 2.75) is 39.0 Å². The van der Waals surface area contributed by atoms with Crippen LogP contribution in [-0.2, 0) is 6.42 Å². The Hall–Kier alpha value is -4.24. The summed E-state index contributed by atoms with van der Waals surface area (Å²) in [6.45, 7) is 4.84. The van der Waals surface area contributed by atoms with E-state index in [1.807, 2.05) is 30.3 Å². The van der Waals surface area contributed by atoms with E-state index in [1.165, 1.54) is 5.56 Å². The van der Waals surface area contributed by atoms with Gasteiger partial charge in [0.25, 0.3) is 0 Å². The normalized spacial score (nSPS) is 14.5. The van der Waals surface area contributed by atoms with Crippen molar-refractivity contribution in [1.82, 2.24) is 0 Å². The van der Waals surface area contributed by atoms with Gasteiger partial charge in [0.15, 0.2) is 0 Å². The number of carbonyl (C=O) groups is 1. The summed E-state index contributed by atoms with van der Waals surface area (Å²) in [5.74, 6) is 0.687. The molecule has 35 heavy (non-hydrogen) atoms. The third-order valence-corrected chi connectivity index (χ3v) is 5.98. The molecule has 0 saturated heterocycles. The van der Waals surface area contributed by atoms with Crippen LogP contribution in [-0.4, -0.2) is 12.6 Å². The maximum absolute atomic E-state index is 12.7. The quantitative estimate of drug-likeness (QED) is 0.253. The van der Waals surface area contributed by atoms with E-state index in [9.17, 15) is 10.1 Å². The van der Waals surface area contributed by atoms with Crippen LogP contribution >= 0.6 is 0 Å². The highest BCUT2D eigenvalue weighted by Gasteiger charge is 2.31. The first-order valence-corrected chi connectivity index (χ1v) is 11.8. The van der Waals surface area contributed by atoms with E-state index in [2.05, 4.69) is 19.9 Å². The Morgan fingerprint density at radius 1 is 1.03 bits per heavy atom. The number of nitrogens with two attached hydrogens (primary N) is 1. The first kappa shape index (κ1) is 23.9. The van der Waals surface area contributed by atoms with Crippen molar-refractivity contribution >= 4 is 5.97 Å². The summed E-state index contributed by atoms with van der Waals surface area (Å²) in [5.41, 5.74) is 9.80. The van der Waals surface area contributed by atoms with Crippen LogP contribution in [0, 0.1) is 11.3 Å². The Labute approximate surface area is 205 Å². The minimum atomic E-state index is -0.492. The van der Waals surface area contributed by atoms with Crippen LogP contribution in [0.2, 0.25) is 0 Å². The third-order valence-electron chi connectivity index (χ3n) is 5.98. The molecule has 0 fully saturated rings. The number of esters is 1. The molecule has 0 spiro atoms. The number of allylic oxidation sites excluding steroid dienone is 1. The zero-order valence-corrected chi connectivity index (χ0v) is 19.9. The van der Waals surface area contributed by atoms with Crippen molar-refractivity contribution in [2.24, 2.45) is 5.73 Å². The molecular formula is C29H28N2O4. The second-order valence-corrected chi connectivity index (χ2v) is 8.34. The molecule has 0 saturated carbocycles.